The van der Waals surface area contributed by atoms with Gasteiger partial charge in [0.2, 0.25) is 0 Å². The van der Waals surface area contributed by atoms with Crippen LogP contribution in [0.3, 0.4) is 0 Å². The predicted molar refractivity (Wildman–Crippen MR) is 93.5 cm³/mol. The first kappa shape index (κ1) is 13.4. The zero-order valence-corrected chi connectivity index (χ0v) is 14.1. The number of H-pyrrole nitrogens is 1. The van der Waals surface area contributed by atoms with Crippen LogP contribution in [0, 0.1) is 13.8 Å². The van der Waals surface area contributed by atoms with E-state index in [1.165, 1.54) is 58.0 Å². The summed E-state index contributed by atoms with van der Waals surface area (Å²) in [7, 11) is 0. The van der Waals surface area contributed by atoms with Crippen molar-refractivity contribution in [2.45, 2.75) is 39.5 Å². The van der Waals surface area contributed by atoms with Gasteiger partial charge in [0.15, 0.2) is 0 Å². The molecule has 0 fully saturated rings. The zero-order chi connectivity index (χ0) is 14.4. The van der Waals surface area contributed by atoms with Gasteiger partial charge in [0.1, 0.15) is 0 Å². The van der Waals surface area contributed by atoms with Crippen LogP contribution in [0.4, 0.5) is 0 Å². The average Bonchev–Trinajstić information content (AvgIpc) is 3.17. The maximum absolute atomic E-state index is 3.77. The molecule has 0 atom stereocenters. The SMILES string of the molecule is Cc1csc(-c2[nH]c(-c3cc(C)cs3)c3c2CCCC3)c1. The van der Waals surface area contributed by atoms with Crippen molar-refractivity contribution < 1.29 is 0 Å². The van der Waals surface area contributed by atoms with Gasteiger partial charge >= 0.3 is 0 Å². The van der Waals surface area contributed by atoms with Crippen molar-refractivity contribution in [1.29, 1.82) is 0 Å². The molecular formula is C18H19NS2. The van der Waals surface area contributed by atoms with Crippen molar-refractivity contribution in [3.8, 4) is 21.1 Å². The molecule has 0 saturated heterocycles. The van der Waals surface area contributed by atoms with Crippen molar-refractivity contribution in [3.63, 3.8) is 0 Å². The minimum atomic E-state index is 1.22. The summed E-state index contributed by atoms with van der Waals surface area (Å²) in [6, 6.07) is 4.63. The number of thiophene rings is 2. The van der Waals surface area contributed by atoms with Gasteiger partial charge in [0.25, 0.3) is 0 Å². The summed E-state index contributed by atoms with van der Waals surface area (Å²) in [5.41, 5.74) is 8.63. The summed E-state index contributed by atoms with van der Waals surface area (Å²) in [5, 5.41) is 4.50. The van der Waals surface area contributed by atoms with E-state index in [0.29, 0.717) is 0 Å². The summed E-state index contributed by atoms with van der Waals surface area (Å²) in [4.78, 5) is 6.56. The Morgan fingerprint density at radius 1 is 0.810 bits per heavy atom. The molecule has 0 saturated carbocycles. The van der Waals surface area contributed by atoms with Crippen LogP contribution >= 0.6 is 22.7 Å². The number of aromatic nitrogens is 1. The lowest BCUT2D eigenvalue weighted by Gasteiger charge is -2.13. The number of aryl methyl sites for hydroxylation is 2. The van der Waals surface area contributed by atoms with Crippen molar-refractivity contribution in [3.05, 3.63) is 45.1 Å². The van der Waals surface area contributed by atoms with Crippen LogP contribution in [-0.2, 0) is 12.8 Å². The fourth-order valence-corrected chi connectivity index (χ4v) is 5.13. The van der Waals surface area contributed by atoms with E-state index < -0.39 is 0 Å². The summed E-state index contributed by atoms with van der Waals surface area (Å²) in [6.07, 6.45) is 5.10. The molecule has 1 N–H and O–H groups in total. The molecule has 108 valence electrons. The van der Waals surface area contributed by atoms with Gasteiger partial charge in [-0.1, -0.05) is 0 Å². The third kappa shape index (κ3) is 2.29. The quantitative estimate of drug-likeness (QED) is 0.600. The third-order valence-electron chi connectivity index (χ3n) is 4.28. The van der Waals surface area contributed by atoms with Gasteiger partial charge in [-0.2, -0.15) is 0 Å². The van der Waals surface area contributed by atoms with Crippen LogP contribution in [0.5, 0.6) is 0 Å². The van der Waals surface area contributed by atoms with Gasteiger partial charge in [-0.05, 0) is 84.7 Å². The molecule has 0 aromatic carbocycles. The molecular weight excluding hydrogens is 294 g/mol. The Morgan fingerprint density at radius 3 is 1.67 bits per heavy atom. The number of hydrogen-bond donors (Lipinski definition) is 1. The van der Waals surface area contributed by atoms with Crippen molar-refractivity contribution in [2.24, 2.45) is 0 Å². The molecule has 4 rings (SSSR count). The van der Waals surface area contributed by atoms with E-state index >= 15 is 0 Å². The summed E-state index contributed by atoms with van der Waals surface area (Å²) in [6.45, 7) is 4.36. The Hall–Kier alpha value is -1.32. The van der Waals surface area contributed by atoms with E-state index in [0.717, 1.165) is 0 Å². The van der Waals surface area contributed by atoms with Gasteiger partial charge in [0.05, 0.1) is 21.1 Å². The largest absolute Gasteiger partial charge is 0.353 e. The molecule has 3 heterocycles. The molecule has 0 amide bonds. The van der Waals surface area contributed by atoms with Crippen molar-refractivity contribution >= 4 is 22.7 Å². The molecule has 21 heavy (non-hydrogen) atoms. The highest BCUT2D eigenvalue weighted by atomic mass is 32.1. The van der Waals surface area contributed by atoms with Crippen LogP contribution in [0.25, 0.3) is 21.1 Å². The van der Waals surface area contributed by atoms with Crippen LogP contribution in [-0.4, -0.2) is 4.98 Å². The van der Waals surface area contributed by atoms with E-state index in [9.17, 15) is 0 Å². The Morgan fingerprint density at radius 2 is 1.29 bits per heavy atom. The smallest absolute Gasteiger partial charge is 0.0595 e. The van der Waals surface area contributed by atoms with E-state index in [1.54, 1.807) is 11.1 Å². The Balaban J connectivity index is 1.90. The van der Waals surface area contributed by atoms with Gasteiger partial charge in [-0.15, -0.1) is 22.7 Å². The van der Waals surface area contributed by atoms with Crippen LogP contribution in [0.1, 0.15) is 35.1 Å². The molecule has 0 aliphatic heterocycles. The monoisotopic (exact) mass is 313 g/mol. The fourth-order valence-electron chi connectivity index (χ4n) is 3.28. The Labute approximate surface area is 133 Å². The second-order valence-corrected chi connectivity index (χ2v) is 7.84. The minimum Gasteiger partial charge on any atom is -0.353 e. The molecule has 0 unspecified atom stereocenters. The van der Waals surface area contributed by atoms with Gasteiger partial charge in [-0.3, -0.25) is 0 Å². The first-order chi connectivity index (χ1) is 10.2. The number of aromatic amines is 1. The second-order valence-electron chi connectivity index (χ2n) is 6.02. The fraction of sp³-hybridized carbons (Fsp3) is 0.333. The highest BCUT2D eigenvalue weighted by molar-refractivity contribution is 7.14. The normalized spacial score (nSPS) is 14.4. The Bertz CT molecular complexity index is 723. The van der Waals surface area contributed by atoms with E-state index in [1.807, 2.05) is 22.7 Å². The molecule has 1 aliphatic carbocycles. The van der Waals surface area contributed by atoms with Gasteiger partial charge in [-0.25, -0.2) is 0 Å². The van der Waals surface area contributed by atoms with Crippen LogP contribution < -0.4 is 0 Å². The lowest BCUT2D eigenvalue weighted by atomic mass is 9.91. The maximum atomic E-state index is 3.77. The highest BCUT2D eigenvalue weighted by Gasteiger charge is 2.23. The third-order valence-corrected chi connectivity index (χ3v) is 6.41. The molecule has 3 aromatic heterocycles. The summed E-state index contributed by atoms with van der Waals surface area (Å²) < 4.78 is 0. The zero-order valence-electron chi connectivity index (χ0n) is 12.5. The van der Waals surface area contributed by atoms with E-state index in [2.05, 4.69) is 41.7 Å². The minimum absolute atomic E-state index is 1.22. The van der Waals surface area contributed by atoms with E-state index in [-0.39, 0.29) is 0 Å². The number of rotatable bonds is 2. The maximum Gasteiger partial charge on any atom is 0.0595 e. The van der Waals surface area contributed by atoms with Crippen LogP contribution in [0.2, 0.25) is 0 Å². The molecule has 0 spiro atoms. The van der Waals surface area contributed by atoms with Crippen LogP contribution in [0.15, 0.2) is 22.9 Å². The van der Waals surface area contributed by atoms with Gasteiger partial charge in [0, 0.05) is 0 Å². The number of fused-ring (bicyclic) bond motifs is 1. The molecule has 3 heteroatoms. The summed E-state index contributed by atoms with van der Waals surface area (Å²) >= 11 is 3.72. The number of nitrogens with one attached hydrogen (secondary N) is 1. The first-order valence-corrected chi connectivity index (χ1v) is 9.33. The van der Waals surface area contributed by atoms with Crippen molar-refractivity contribution in [2.75, 3.05) is 0 Å². The summed E-state index contributed by atoms with van der Waals surface area (Å²) in [5.74, 6) is 0. The van der Waals surface area contributed by atoms with Gasteiger partial charge < -0.3 is 4.98 Å². The molecule has 0 bridgehead atoms. The molecule has 1 aliphatic rings. The highest BCUT2D eigenvalue weighted by Crippen LogP contribution is 2.41. The molecule has 3 aromatic rings. The first-order valence-electron chi connectivity index (χ1n) is 7.57. The predicted octanol–water partition coefficient (Wildman–Crippen LogP) is 5.97. The molecule has 1 nitrogen and oxygen atoms in total. The molecule has 0 radical (unpaired) electrons. The topological polar surface area (TPSA) is 15.8 Å². The number of hydrogen-bond acceptors (Lipinski definition) is 2. The average molecular weight is 313 g/mol. The van der Waals surface area contributed by atoms with E-state index in [4.69, 9.17) is 0 Å². The van der Waals surface area contributed by atoms with Crippen molar-refractivity contribution in [1.82, 2.24) is 4.98 Å². The standard InChI is InChI=1S/C18H19NS2/c1-11-7-15(20-9-11)17-13-5-3-4-6-14(13)18(19-17)16-8-12(2)10-21-16/h7-10,19H,3-6H2,1-2H3. The lowest BCUT2D eigenvalue weighted by molar-refractivity contribution is 0.692. The second kappa shape index (κ2) is 5.15. The Kier molecular flexibility index (Phi) is 3.27. The lowest BCUT2D eigenvalue weighted by Crippen LogP contribution is -2.00.